The normalized spacial score (nSPS) is 14.0. The summed E-state index contributed by atoms with van der Waals surface area (Å²) in [5.74, 6) is 0. The van der Waals surface area contributed by atoms with Crippen molar-refractivity contribution < 1.29 is 16.5 Å². The maximum absolute atomic E-state index is 6.27. The standard InChI is InChI=1S/C9H30O4Si5/c1-14(2)10-17(7,8)13-18(9,11-15(3)4)12-16(5)6/h14-16H,1-9H3. The highest BCUT2D eigenvalue weighted by molar-refractivity contribution is 6.84. The Morgan fingerprint density at radius 2 is 0.944 bits per heavy atom. The summed E-state index contributed by atoms with van der Waals surface area (Å²) >= 11 is 0. The van der Waals surface area contributed by atoms with Gasteiger partial charge in [0.05, 0.1) is 0 Å². The molecule has 18 heavy (non-hydrogen) atoms. The topological polar surface area (TPSA) is 36.9 Å². The molecule has 0 unspecified atom stereocenters. The Kier molecular flexibility index (Phi) is 8.03. The average Bonchev–Trinajstić information content (AvgIpc) is 1.92. The molecule has 0 fully saturated rings. The molecule has 0 aromatic carbocycles. The zero-order valence-corrected chi connectivity index (χ0v) is 18.8. The van der Waals surface area contributed by atoms with E-state index in [-0.39, 0.29) is 0 Å². The van der Waals surface area contributed by atoms with Gasteiger partial charge in [-0.3, -0.25) is 0 Å². The van der Waals surface area contributed by atoms with E-state index in [1.807, 2.05) is 6.55 Å². The second-order valence-corrected chi connectivity index (χ2v) is 20.3. The highest BCUT2D eigenvalue weighted by Crippen LogP contribution is 2.20. The molecule has 0 spiro atoms. The molecule has 0 aromatic rings. The lowest BCUT2D eigenvalue weighted by molar-refractivity contribution is 0.246. The van der Waals surface area contributed by atoms with Crippen LogP contribution in [0.4, 0.5) is 0 Å². The van der Waals surface area contributed by atoms with Crippen LogP contribution in [-0.4, -0.2) is 44.5 Å². The van der Waals surface area contributed by atoms with Crippen molar-refractivity contribution in [2.45, 2.75) is 58.9 Å². The summed E-state index contributed by atoms with van der Waals surface area (Å²) in [7, 11) is -8.03. The fourth-order valence-corrected chi connectivity index (χ4v) is 19.5. The van der Waals surface area contributed by atoms with E-state index in [0.29, 0.717) is 0 Å². The number of rotatable bonds is 8. The van der Waals surface area contributed by atoms with Gasteiger partial charge in [-0.25, -0.2) is 0 Å². The van der Waals surface area contributed by atoms with Crippen molar-refractivity contribution >= 4 is 44.5 Å². The first kappa shape index (κ1) is 18.9. The molecule has 0 atom stereocenters. The van der Waals surface area contributed by atoms with Crippen LogP contribution in [0.2, 0.25) is 58.9 Å². The Balaban J connectivity index is 4.76. The molecule has 0 amide bonds. The van der Waals surface area contributed by atoms with Gasteiger partial charge in [0, 0.05) is 6.55 Å². The average molecular weight is 343 g/mol. The Morgan fingerprint density at radius 3 is 1.22 bits per heavy atom. The molecular weight excluding hydrogens is 313 g/mol. The molecule has 0 aliphatic carbocycles. The summed E-state index contributed by atoms with van der Waals surface area (Å²) in [4.78, 5) is 0. The van der Waals surface area contributed by atoms with Gasteiger partial charge in [-0.15, -0.1) is 0 Å². The van der Waals surface area contributed by atoms with Crippen LogP contribution in [0.3, 0.4) is 0 Å². The molecular formula is C9H30O4Si5. The van der Waals surface area contributed by atoms with Crippen molar-refractivity contribution in [3.8, 4) is 0 Å². The van der Waals surface area contributed by atoms with Crippen LogP contribution >= 0.6 is 0 Å². The first-order chi connectivity index (χ1) is 7.96. The van der Waals surface area contributed by atoms with Gasteiger partial charge in [-0.2, -0.15) is 0 Å². The molecule has 0 radical (unpaired) electrons. The Bertz CT molecular complexity index is 237. The van der Waals surface area contributed by atoms with Crippen molar-refractivity contribution in [1.82, 2.24) is 0 Å². The molecule has 4 nitrogen and oxygen atoms in total. The van der Waals surface area contributed by atoms with Crippen LogP contribution in [0, 0.1) is 0 Å². The van der Waals surface area contributed by atoms with Crippen molar-refractivity contribution in [3.05, 3.63) is 0 Å². The van der Waals surface area contributed by atoms with E-state index in [9.17, 15) is 0 Å². The fourth-order valence-electron chi connectivity index (χ4n) is 1.97. The molecule has 0 N–H and O–H groups in total. The quantitative estimate of drug-likeness (QED) is 0.634. The molecule has 0 aliphatic rings. The third-order valence-corrected chi connectivity index (χ3v) is 16.7. The lowest BCUT2D eigenvalue weighted by Crippen LogP contribution is -2.56. The van der Waals surface area contributed by atoms with Crippen LogP contribution in [0.25, 0.3) is 0 Å². The van der Waals surface area contributed by atoms with E-state index < -0.39 is 44.5 Å². The summed E-state index contributed by atoms with van der Waals surface area (Å²) in [6.07, 6.45) is 0. The minimum absolute atomic E-state index is 1.09. The SMILES string of the molecule is C[SiH](C)O[Si](C)(C)O[Si](C)(O[SiH](C)C)O[SiH](C)C. The molecule has 0 heterocycles. The second-order valence-electron chi connectivity index (χ2n) is 5.86. The van der Waals surface area contributed by atoms with Gasteiger partial charge < -0.3 is 16.5 Å². The lowest BCUT2D eigenvalue weighted by Gasteiger charge is -2.37. The highest BCUT2D eigenvalue weighted by atomic mass is 28.5. The molecule has 110 valence electrons. The highest BCUT2D eigenvalue weighted by Gasteiger charge is 2.43. The number of hydrogen-bond acceptors (Lipinski definition) is 4. The predicted octanol–water partition coefficient (Wildman–Crippen LogP) is 2.27. The monoisotopic (exact) mass is 342 g/mol. The predicted molar refractivity (Wildman–Crippen MR) is 90.1 cm³/mol. The molecule has 0 rings (SSSR count). The largest absolute Gasteiger partial charge is 0.467 e. The van der Waals surface area contributed by atoms with Gasteiger partial charge in [0.25, 0.3) is 0 Å². The van der Waals surface area contributed by atoms with Crippen molar-refractivity contribution in [3.63, 3.8) is 0 Å². The third kappa shape index (κ3) is 8.93. The third-order valence-electron chi connectivity index (χ3n) is 1.85. The second kappa shape index (κ2) is 7.64. The summed E-state index contributed by atoms with van der Waals surface area (Å²) < 4.78 is 24.5. The van der Waals surface area contributed by atoms with Gasteiger partial charge in [0.2, 0.25) is 0 Å². The zero-order valence-electron chi connectivity index (χ0n) is 13.4. The molecule has 0 saturated heterocycles. The first-order valence-corrected chi connectivity index (χ1v) is 20.1. The summed E-state index contributed by atoms with van der Waals surface area (Å²) in [5.41, 5.74) is 0. The van der Waals surface area contributed by atoms with Gasteiger partial charge >= 0.3 is 17.4 Å². The Morgan fingerprint density at radius 1 is 0.611 bits per heavy atom. The van der Waals surface area contributed by atoms with E-state index in [2.05, 4.69) is 52.4 Å². The molecule has 0 aliphatic heterocycles. The van der Waals surface area contributed by atoms with Gasteiger partial charge in [-0.05, 0) is 52.4 Å². The zero-order chi connectivity index (χ0) is 14.6. The maximum atomic E-state index is 6.27. The fraction of sp³-hybridized carbons (Fsp3) is 1.00. The Hall–Kier alpha value is 0.924. The lowest BCUT2D eigenvalue weighted by atomic mass is 11.9. The van der Waals surface area contributed by atoms with E-state index in [1.165, 1.54) is 0 Å². The first-order valence-electron chi connectivity index (χ1n) is 6.69. The number of hydrogen-bond donors (Lipinski definition) is 0. The van der Waals surface area contributed by atoms with Crippen LogP contribution in [-0.2, 0) is 16.5 Å². The Labute approximate surface area is 120 Å². The van der Waals surface area contributed by atoms with E-state index in [1.54, 1.807) is 0 Å². The van der Waals surface area contributed by atoms with Gasteiger partial charge in [0.15, 0.2) is 27.1 Å². The molecule has 9 heteroatoms. The van der Waals surface area contributed by atoms with Crippen LogP contribution in [0.5, 0.6) is 0 Å². The van der Waals surface area contributed by atoms with Crippen molar-refractivity contribution in [1.29, 1.82) is 0 Å². The molecule has 0 saturated carbocycles. The summed E-state index contributed by atoms with van der Waals surface area (Å²) in [5, 5.41) is 0. The molecule has 0 aromatic heterocycles. The van der Waals surface area contributed by atoms with E-state index in [0.717, 1.165) is 0 Å². The van der Waals surface area contributed by atoms with Crippen LogP contribution in [0.15, 0.2) is 0 Å². The summed E-state index contributed by atoms with van der Waals surface area (Å²) in [6, 6.07) is 0. The van der Waals surface area contributed by atoms with E-state index in [4.69, 9.17) is 16.5 Å². The van der Waals surface area contributed by atoms with Gasteiger partial charge in [-0.1, -0.05) is 0 Å². The minimum atomic E-state index is -2.50. The smallest absolute Gasteiger partial charge is 0.439 e. The van der Waals surface area contributed by atoms with Crippen LogP contribution < -0.4 is 0 Å². The minimum Gasteiger partial charge on any atom is -0.439 e. The maximum Gasteiger partial charge on any atom is 0.467 e. The van der Waals surface area contributed by atoms with Crippen molar-refractivity contribution in [2.24, 2.45) is 0 Å². The van der Waals surface area contributed by atoms with Gasteiger partial charge in [0.1, 0.15) is 0 Å². The van der Waals surface area contributed by atoms with E-state index >= 15 is 0 Å². The van der Waals surface area contributed by atoms with Crippen molar-refractivity contribution in [2.75, 3.05) is 0 Å². The van der Waals surface area contributed by atoms with Crippen LogP contribution in [0.1, 0.15) is 0 Å². The summed E-state index contributed by atoms with van der Waals surface area (Å²) in [6.45, 7) is 19.2. The molecule has 0 bridgehead atoms.